The van der Waals surface area contributed by atoms with E-state index in [0.29, 0.717) is 24.5 Å². The van der Waals surface area contributed by atoms with E-state index >= 15 is 0 Å². The summed E-state index contributed by atoms with van der Waals surface area (Å²) < 4.78 is 34.5. The molecule has 2 aliphatic heterocycles. The summed E-state index contributed by atoms with van der Waals surface area (Å²) in [5.41, 5.74) is 0.279. The van der Waals surface area contributed by atoms with Gasteiger partial charge in [-0.05, 0) is 31.9 Å². The van der Waals surface area contributed by atoms with E-state index in [1.165, 1.54) is 25.1 Å². The topological polar surface area (TPSA) is 105 Å². The number of anilines is 1. The third-order valence-electron chi connectivity index (χ3n) is 4.73. The number of carbonyl (C=O) groups excluding carboxylic acids is 2. The van der Waals surface area contributed by atoms with E-state index < -0.39 is 28.0 Å². The summed E-state index contributed by atoms with van der Waals surface area (Å²) in [5.74, 6) is -0.896. The van der Waals surface area contributed by atoms with Crippen molar-refractivity contribution in [3.63, 3.8) is 0 Å². The summed E-state index contributed by atoms with van der Waals surface area (Å²) in [6.45, 7) is 5.76. The minimum atomic E-state index is -3.97. The van der Waals surface area contributed by atoms with Crippen molar-refractivity contribution in [1.82, 2.24) is 5.32 Å². The van der Waals surface area contributed by atoms with Crippen molar-refractivity contribution < 1.29 is 22.7 Å². The van der Waals surface area contributed by atoms with Gasteiger partial charge in [-0.3, -0.25) is 4.79 Å². The second-order valence-corrected chi connectivity index (χ2v) is 8.81. The van der Waals surface area contributed by atoms with Gasteiger partial charge in [-0.25, -0.2) is 4.79 Å². The van der Waals surface area contributed by atoms with Gasteiger partial charge in [0.15, 0.2) is 6.10 Å². The average molecular weight is 440 g/mol. The molecule has 0 aliphatic carbocycles. The number of amidine groups is 1. The number of ether oxygens (including phenoxy) is 1. The van der Waals surface area contributed by atoms with Crippen LogP contribution in [-0.2, 0) is 19.6 Å². The van der Waals surface area contributed by atoms with E-state index in [-0.39, 0.29) is 22.0 Å². The number of amides is 1. The molecule has 2 heterocycles. The van der Waals surface area contributed by atoms with E-state index in [9.17, 15) is 18.0 Å². The fourth-order valence-corrected chi connectivity index (χ4v) is 4.75. The Morgan fingerprint density at radius 3 is 2.86 bits per heavy atom. The predicted octanol–water partition coefficient (Wildman–Crippen LogP) is 2.67. The minimum Gasteiger partial charge on any atom is -0.449 e. The zero-order valence-electron chi connectivity index (χ0n) is 16.0. The van der Waals surface area contributed by atoms with Gasteiger partial charge in [-0.1, -0.05) is 24.1 Å². The Hall–Kier alpha value is -2.39. The maximum atomic E-state index is 12.7. The van der Waals surface area contributed by atoms with Crippen LogP contribution in [0.5, 0.6) is 0 Å². The number of nitrogens with zero attached hydrogens (tertiary/aromatic N) is 2. The zero-order valence-corrected chi connectivity index (χ0v) is 17.6. The van der Waals surface area contributed by atoms with Crippen LogP contribution in [0.4, 0.5) is 5.69 Å². The van der Waals surface area contributed by atoms with Gasteiger partial charge in [-0.2, -0.15) is 8.42 Å². The molecule has 1 N–H and O–H groups in total. The molecule has 1 fully saturated rings. The lowest BCUT2D eigenvalue weighted by atomic mass is 10.1. The molecule has 0 radical (unpaired) electrons. The van der Waals surface area contributed by atoms with Crippen LogP contribution < -0.4 is 10.2 Å². The predicted molar refractivity (Wildman–Crippen MR) is 110 cm³/mol. The van der Waals surface area contributed by atoms with E-state index in [1.54, 1.807) is 0 Å². The first-order valence-corrected chi connectivity index (χ1v) is 11.1. The number of rotatable bonds is 5. The highest BCUT2D eigenvalue weighted by Gasteiger charge is 2.34. The van der Waals surface area contributed by atoms with Crippen molar-refractivity contribution in [2.45, 2.75) is 43.6 Å². The van der Waals surface area contributed by atoms with E-state index in [4.69, 9.17) is 16.3 Å². The Labute approximate surface area is 174 Å². The maximum Gasteiger partial charge on any atom is 0.340 e. The fraction of sp³-hybridized carbons (Fsp3) is 0.421. The van der Waals surface area contributed by atoms with Crippen LogP contribution in [0.1, 0.15) is 43.0 Å². The Balaban J connectivity index is 1.92. The van der Waals surface area contributed by atoms with E-state index in [2.05, 4.69) is 16.3 Å². The lowest BCUT2D eigenvalue weighted by Crippen LogP contribution is -2.36. The maximum absolute atomic E-state index is 12.7. The number of halogens is 1. The number of fused-ring (bicyclic) bond motifs is 3. The summed E-state index contributed by atoms with van der Waals surface area (Å²) >= 11 is 6.29. The van der Waals surface area contributed by atoms with Crippen molar-refractivity contribution in [1.29, 1.82) is 0 Å². The van der Waals surface area contributed by atoms with Gasteiger partial charge in [0.25, 0.3) is 15.9 Å². The normalized spacial score (nSPS) is 18.4. The molecule has 0 saturated carbocycles. The molecular weight excluding hydrogens is 418 g/mol. The molecule has 1 aromatic carbocycles. The first kappa shape index (κ1) is 21.3. The minimum absolute atomic E-state index is 0.0492. The molecule has 2 aliphatic rings. The first-order chi connectivity index (χ1) is 13.7. The van der Waals surface area contributed by atoms with Crippen LogP contribution >= 0.6 is 11.6 Å². The summed E-state index contributed by atoms with van der Waals surface area (Å²) in [7, 11) is -3.97. The Morgan fingerprint density at radius 1 is 1.38 bits per heavy atom. The standard InChI is InChI=1S/C19H22ClN3O5S/c1-3-8-21-18(24)12(2)28-19(25)13-10-16-15(11-14(13)20)23-9-6-4-5-7-17(23)22-29(16,26)27/h3,10-12H,1,4-9H2,2H3,(H,21,24)/t12-/m1/s1. The smallest absolute Gasteiger partial charge is 0.340 e. The van der Waals surface area contributed by atoms with Crippen LogP contribution in [0.3, 0.4) is 0 Å². The van der Waals surface area contributed by atoms with Gasteiger partial charge in [0, 0.05) is 19.5 Å². The molecule has 29 heavy (non-hydrogen) atoms. The van der Waals surface area contributed by atoms with Crippen LogP contribution in [0, 0.1) is 0 Å². The quantitative estimate of drug-likeness (QED) is 0.558. The summed E-state index contributed by atoms with van der Waals surface area (Å²) in [4.78, 5) is 26.2. The molecule has 0 bridgehead atoms. The van der Waals surface area contributed by atoms with Crippen molar-refractivity contribution in [3.8, 4) is 0 Å². The van der Waals surface area contributed by atoms with Crippen LogP contribution in [0.15, 0.2) is 34.1 Å². The number of sulfonamides is 1. The monoisotopic (exact) mass is 439 g/mol. The number of nitrogens with one attached hydrogen (secondary N) is 1. The number of carbonyl (C=O) groups is 2. The van der Waals surface area contributed by atoms with Gasteiger partial charge < -0.3 is 15.0 Å². The molecule has 1 aromatic rings. The number of esters is 1. The van der Waals surface area contributed by atoms with Crippen LogP contribution in [0.2, 0.25) is 5.02 Å². The zero-order chi connectivity index (χ0) is 21.2. The summed E-state index contributed by atoms with van der Waals surface area (Å²) in [5, 5.41) is 2.57. The highest BCUT2D eigenvalue weighted by Crippen LogP contribution is 2.38. The van der Waals surface area contributed by atoms with Crippen molar-refractivity contribution in [3.05, 3.63) is 35.4 Å². The first-order valence-electron chi connectivity index (χ1n) is 9.29. The van der Waals surface area contributed by atoms with Crippen molar-refractivity contribution in [2.24, 2.45) is 4.40 Å². The molecule has 0 unspecified atom stereocenters. The molecule has 8 nitrogen and oxygen atoms in total. The lowest BCUT2D eigenvalue weighted by molar-refractivity contribution is -0.128. The third-order valence-corrected chi connectivity index (χ3v) is 6.38. The SMILES string of the molecule is C=CCNC(=O)[C@@H](C)OC(=O)c1cc2c(cc1Cl)N1CCCCCC1=NS2(=O)=O. The molecule has 156 valence electrons. The van der Waals surface area contributed by atoms with Crippen molar-refractivity contribution >= 4 is 45.0 Å². The van der Waals surface area contributed by atoms with Crippen LogP contribution in [0.25, 0.3) is 0 Å². The molecule has 1 saturated heterocycles. The number of benzene rings is 1. The highest BCUT2D eigenvalue weighted by atomic mass is 35.5. The molecule has 10 heteroatoms. The van der Waals surface area contributed by atoms with Crippen molar-refractivity contribution in [2.75, 3.05) is 18.0 Å². The third kappa shape index (κ3) is 4.45. The van der Waals surface area contributed by atoms with E-state index in [1.807, 2.05) is 4.90 Å². The van der Waals surface area contributed by atoms with Gasteiger partial charge in [-0.15, -0.1) is 11.0 Å². The second-order valence-electron chi connectivity index (χ2n) is 6.83. The number of hydrogen-bond acceptors (Lipinski definition) is 6. The van der Waals surface area contributed by atoms with Gasteiger partial charge >= 0.3 is 5.97 Å². The Kier molecular flexibility index (Phi) is 6.28. The summed E-state index contributed by atoms with van der Waals surface area (Å²) in [6, 6.07) is 2.63. The molecule has 0 aromatic heterocycles. The molecule has 1 atom stereocenters. The molecular formula is C19H22ClN3O5S. The van der Waals surface area contributed by atoms with Gasteiger partial charge in [0.1, 0.15) is 10.7 Å². The summed E-state index contributed by atoms with van der Waals surface area (Å²) in [6.07, 6.45) is 3.73. The largest absolute Gasteiger partial charge is 0.449 e. The fourth-order valence-electron chi connectivity index (χ4n) is 3.25. The Morgan fingerprint density at radius 2 is 2.14 bits per heavy atom. The van der Waals surface area contributed by atoms with E-state index in [0.717, 1.165) is 19.3 Å². The second kappa shape index (κ2) is 8.54. The highest BCUT2D eigenvalue weighted by molar-refractivity contribution is 7.90. The van der Waals surface area contributed by atoms with Gasteiger partial charge in [0.2, 0.25) is 0 Å². The van der Waals surface area contributed by atoms with Gasteiger partial charge in [0.05, 0.1) is 16.3 Å². The Bertz CT molecular complexity index is 990. The average Bonchev–Trinajstić information content (AvgIpc) is 2.90. The van der Waals surface area contributed by atoms with Crippen LogP contribution in [-0.4, -0.2) is 45.3 Å². The molecule has 3 rings (SSSR count). The molecule has 1 amide bonds. The number of hydrogen-bond donors (Lipinski definition) is 1. The lowest BCUT2D eigenvalue weighted by Gasteiger charge is -2.30. The molecule has 0 spiro atoms.